The zero-order chi connectivity index (χ0) is 13.8. The molecule has 1 fully saturated rings. The van der Waals surface area contributed by atoms with E-state index in [1.165, 1.54) is 0 Å². The number of nitrogens with zero attached hydrogens (tertiary/aromatic N) is 1. The molecular weight excluding hydrogens is 240 g/mol. The van der Waals surface area contributed by atoms with Crippen molar-refractivity contribution in [2.45, 2.75) is 25.8 Å². The molecule has 0 saturated carbocycles. The molecule has 19 heavy (non-hydrogen) atoms. The highest BCUT2D eigenvalue weighted by atomic mass is 16.5. The van der Waals surface area contributed by atoms with Gasteiger partial charge in [-0.1, -0.05) is 12.1 Å². The van der Waals surface area contributed by atoms with Gasteiger partial charge in [-0.25, -0.2) is 0 Å². The Balaban J connectivity index is 2.15. The molecule has 4 nitrogen and oxygen atoms in total. The molecule has 1 amide bonds. The molecule has 1 saturated heterocycles. The molecule has 1 aromatic rings. The molecule has 1 aliphatic heterocycles. The summed E-state index contributed by atoms with van der Waals surface area (Å²) in [6, 6.07) is 7.50. The van der Waals surface area contributed by atoms with Crippen molar-refractivity contribution in [1.29, 1.82) is 0 Å². The second-order valence-electron chi connectivity index (χ2n) is 5.21. The van der Waals surface area contributed by atoms with Gasteiger partial charge in [0, 0.05) is 19.1 Å². The smallest absolute Gasteiger partial charge is 0.257 e. The summed E-state index contributed by atoms with van der Waals surface area (Å²) >= 11 is 0. The van der Waals surface area contributed by atoms with Crippen LogP contribution in [0.1, 0.15) is 30.1 Å². The highest BCUT2D eigenvalue weighted by Gasteiger charge is 2.27. The molecule has 1 heterocycles. The number of benzene rings is 1. The number of carbonyl (C=O) groups excluding carboxylic acids is 1. The van der Waals surface area contributed by atoms with Crippen molar-refractivity contribution in [3.8, 4) is 5.75 Å². The molecule has 2 N–H and O–H groups in total. The van der Waals surface area contributed by atoms with Crippen molar-refractivity contribution in [2.24, 2.45) is 11.7 Å². The van der Waals surface area contributed by atoms with Gasteiger partial charge in [-0.3, -0.25) is 4.79 Å². The highest BCUT2D eigenvalue weighted by Crippen LogP contribution is 2.24. The van der Waals surface area contributed by atoms with E-state index in [2.05, 4.69) is 0 Å². The van der Waals surface area contributed by atoms with E-state index in [0.717, 1.165) is 25.9 Å². The maximum absolute atomic E-state index is 12.6. The number of likely N-dealkylation sites (tertiary alicyclic amines) is 1. The molecule has 1 aromatic carbocycles. The summed E-state index contributed by atoms with van der Waals surface area (Å²) in [5, 5.41) is 0. The Labute approximate surface area is 114 Å². The molecule has 4 heteroatoms. The Hall–Kier alpha value is -1.55. The van der Waals surface area contributed by atoms with Crippen LogP contribution in [0.5, 0.6) is 5.75 Å². The van der Waals surface area contributed by atoms with Crippen LogP contribution in [0.3, 0.4) is 0 Å². The minimum Gasteiger partial charge on any atom is -0.496 e. The number of carbonyl (C=O) groups is 1. The summed E-state index contributed by atoms with van der Waals surface area (Å²) < 4.78 is 5.26. The number of piperidine rings is 1. The number of ether oxygens (including phenoxy) is 1. The third-order valence-corrected chi connectivity index (χ3v) is 3.83. The van der Waals surface area contributed by atoms with E-state index in [1.54, 1.807) is 7.11 Å². The minimum atomic E-state index is 0.0443. The van der Waals surface area contributed by atoms with Gasteiger partial charge in [-0.05, 0) is 37.8 Å². The molecule has 2 rings (SSSR count). The average Bonchev–Trinajstić information content (AvgIpc) is 2.46. The molecule has 0 bridgehead atoms. The van der Waals surface area contributed by atoms with Crippen LogP contribution in [0, 0.1) is 5.92 Å². The fraction of sp³-hybridized carbons (Fsp3) is 0.533. The summed E-state index contributed by atoms with van der Waals surface area (Å²) in [5.41, 5.74) is 6.60. The first-order chi connectivity index (χ1) is 9.13. The van der Waals surface area contributed by atoms with Crippen molar-refractivity contribution < 1.29 is 9.53 Å². The van der Waals surface area contributed by atoms with Gasteiger partial charge >= 0.3 is 0 Å². The first-order valence-electron chi connectivity index (χ1n) is 6.81. The van der Waals surface area contributed by atoms with Crippen LogP contribution in [0.15, 0.2) is 24.3 Å². The number of hydrogen-bond acceptors (Lipinski definition) is 3. The summed E-state index contributed by atoms with van der Waals surface area (Å²) in [6.45, 7) is 3.57. The standard InChI is InChI=1S/C15H22N2O2/c1-11(16)12-6-5-9-17(10-12)15(18)13-7-3-4-8-14(13)19-2/h3-4,7-8,11-12H,5-6,9-10,16H2,1-2H3. The second kappa shape index (κ2) is 6.06. The van der Waals surface area contributed by atoms with Crippen LogP contribution in [-0.4, -0.2) is 37.0 Å². The maximum Gasteiger partial charge on any atom is 0.257 e. The minimum absolute atomic E-state index is 0.0443. The topological polar surface area (TPSA) is 55.6 Å². The van der Waals surface area contributed by atoms with Gasteiger partial charge in [0.2, 0.25) is 0 Å². The predicted molar refractivity (Wildman–Crippen MR) is 75.3 cm³/mol. The fourth-order valence-corrected chi connectivity index (χ4v) is 2.62. The number of nitrogens with two attached hydrogens (primary N) is 1. The first-order valence-corrected chi connectivity index (χ1v) is 6.81. The van der Waals surface area contributed by atoms with Gasteiger partial charge in [0.05, 0.1) is 12.7 Å². The Bertz CT molecular complexity index is 446. The van der Waals surface area contributed by atoms with Crippen LogP contribution in [-0.2, 0) is 0 Å². The van der Waals surface area contributed by atoms with E-state index in [1.807, 2.05) is 36.1 Å². The van der Waals surface area contributed by atoms with Crippen molar-refractivity contribution >= 4 is 5.91 Å². The fourth-order valence-electron chi connectivity index (χ4n) is 2.62. The molecule has 0 radical (unpaired) electrons. The van der Waals surface area contributed by atoms with E-state index in [4.69, 9.17) is 10.5 Å². The van der Waals surface area contributed by atoms with E-state index < -0.39 is 0 Å². The number of methoxy groups -OCH3 is 1. The predicted octanol–water partition coefficient (Wildman–Crippen LogP) is 1.89. The maximum atomic E-state index is 12.6. The summed E-state index contributed by atoms with van der Waals surface area (Å²) in [6.07, 6.45) is 2.13. The van der Waals surface area contributed by atoms with Gasteiger partial charge < -0.3 is 15.4 Å². The lowest BCUT2D eigenvalue weighted by Gasteiger charge is -2.34. The molecule has 0 aromatic heterocycles. The Morgan fingerprint density at radius 2 is 2.21 bits per heavy atom. The van der Waals surface area contributed by atoms with E-state index >= 15 is 0 Å². The summed E-state index contributed by atoms with van der Waals surface area (Å²) in [4.78, 5) is 14.5. The van der Waals surface area contributed by atoms with Gasteiger partial charge in [0.15, 0.2) is 0 Å². The monoisotopic (exact) mass is 262 g/mol. The van der Waals surface area contributed by atoms with Crippen LogP contribution < -0.4 is 10.5 Å². The Kier molecular flexibility index (Phi) is 4.43. The average molecular weight is 262 g/mol. The number of amides is 1. The summed E-state index contributed by atoms with van der Waals surface area (Å²) in [5.74, 6) is 1.07. The van der Waals surface area contributed by atoms with Crippen molar-refractivity contribution in [1.82, 2.24) is 4.90 Å². The van der Waals surface area contributed by atoms with Crippen LogP contribution in [0.2, 0.25) is 0 Å². The Morgan fingerprint density at radius 3 is 2.89 bits per heavy atom. The molecule has 104 valence electrons. The molecule has 0 aliphatic carbocycles. The molecule has 2 unspecified atom stereocenters. The van der Waals surface area contributed by atoms with E-state index in [-0.39, 0.29) is 11.9 Å². The quantitative estimate of drug-likeness (QED) is 0.905. The van der Waals surface area contributed by atoms with E-state index in [0.29, 0.717) is 17.2 Å². The van der Waals surface area contributed by atoms with Crippen LogP contribution in [0.4, 0.5) is 0 Å². The van der Waals surface area contributed by atoms with Crippen molar-refractivity contribution in [3.05, 3.63) is 29.8 Å². The van der Waals surface area contributed by atoms with Gasteiger partial charge in [0.25, 0.3) is 5.91 Å². The number of hydrogen-bond donors (Lipinski definition) is 1. The van der Waals surface area contributed by atoms with Crippen LogP contribution >= 0.6 is 0 Å². The largest absolute Gasteiger partial charge is 0.496 e. The zero-order valence-electron chi connectivity index (χ0n) is 11.6. The molecular formula is C15H22N2O2. The zero-order valence-corrected chi connectivity index (χ0v) is 11.6. The molecule has 0 spiro atoms. The lowest BCUT2D eigenvalue weighted by molar-refractivity contribution is 0.0657. The Morgan fingerprint density at radius 1 is 1.47 bits per heavy atom. The SMILES string of the molecule is COc1ccccc1C(=O)N1CCCC(C(C)N)C1. The first kappa shape index (κ1) is 13.9. The highest BCUT2D eigenvalue weighted by molar-refractivity contribution is 5.97. The van der Waals surface area contributed by atoms with Crippen molar-refractivity contribution in [3.63, 3.8) is 0 Å². The van der Waals surface area contributed by atoms with Crippen molar-refractivity contribution in [2.75, 3.05) is 20.2 Å². The van der Waals surface area contributed by atoms with Gasteiger partial charge in [0.1, 0.15) is 5.75 Å². The number of rotatable bonds is 3. The normalized spacial score (nSPS) is 21.0. The van der Waals surface area contributed by atoms with E-state index in [9.17, 15) is 4.79 Å². The molecule has 2 atom stereocenters. The number of para-hydroxylation sites is 1. The lowest BCUT2D eigenvalue weighted by atomic mass is 9.92. The lowest BCUT2D eigenvalue weighted by Crippen LogP contribution is -2.45. The third-order valence-electron chi connectivity index (χ3n) is 3.83. The van der Waals surface area contributed by atoms with Crippen LogP contribution in [0.25, 0.3) is 0 Å². The van der Waals surface area contributed by atoms with Gasteiger partial charge in [-0.2, -0.15) is 0 Å². The molecule has 1 aliphatic rings. The van der Waals surface area contributed by atoms with Gasteiger partial charge in [-0.15, -0.1) is 0 Å². The third kappa shape index (κ3) is 3.07. The second-order valence-corrected chi connectivity index (χ2v) is 5.21. The summed E-state index contributed by atoms with van der Waals surface area (Å²) in [7, 11) is 1.59.